The van der Waals surface area contributed by atoms with Gasteiger partial charge in [-0.1, -0.05) is 44.6 Å². The van der Waals surface area contributed by atoms with E-state index in [1.165, 1.54) is 18.1 Å². The van der Waals surface area contributed by atoms with Crippen LogP contribution in [0.2, 0.25) is 18.1 Å². The molecule has 98 valence electrons. The summed E-state index contributed by atoms with van der Waals surface area (Å²) in [5.74, 6) is -0.193. The van der Waals surface area contributed by atoms with Crippen molar-refractivity contribution in [3.63, 3.8) is 0 Å². The molecule has 1 aliphatic rings. The first kappa shape index (κ1) is 14.4. The number of hydrogen-bond donors (Lipinski definition) is 1. The van der Waals surface area contributed by atoms with Crippen molar-refractivity contribution >= 4 is 14.0 Å². The number of aliphatic hydroxyl groups excluding tert-OH is 1. The van der Waals surface area contributed by atoms with Gasteiger partial charge in [-0.15, -0.1) is 0 Å². The lowest BCUT2D eigenvalue weighted by Gasteiger charge is -2.28. The van der Waals surface area contributed by atoms with Crippen LogP contribution in [0.25, 0.3) is 0 Å². The van der Waals surface area contributed by atoms with Crippen LogP contribution in [0.1, 0.15) is 33.6 Å². The van der Waals surface area contributed by atoms with E-state index in [4.69, 9.17) is 4.74 Å². The van der Waals surface area contributed by atoms with Gasteiger partial charge in [0.25, 0.3) is 0 Å². The molecule has 17 heavy (non-hydrogen) atoms. The maximum Gasteiger partial charge on any atom is 0.306 e. The molecule has 0 bridgehead atoms. The summed E-state index contributed by atoms with van der Waals surface area (Å²) < 4.78 is 5.17. The van der Waals surface area contributed by atoms with Crippen LogP contribution in [0.3, 0.4) is 0 Å². The van der Waals surface area contributed by atoms with E-state index in [-0.39, 0.29) is 5.97 Å². The zero-order valence-corrected chi connectivity index (χ0v) is 12.1. The fourth-order valence-corrected chi connectivity index (χ4v) is 5.09. The summed E-state index contributed by atoms with van der Waals surface area (Å²) in [6, 6.07) is 3.60. The van der Waals surface area contributed by atoms with Crippen molar-refractivity contribution in [3.8, 4) is 0 Å². The molecule has 0 aromatic heterocycles. The smallest absolute Gasteiger partial charge is 0.306 e. The van der Waals surface area contributed by atoms with Crippen molar-refractivity contribution < 1.29 is 14.6 Å². The van der Waals surface area contributed by atoms with E-state index >= 15 is 0 Å². The van der Waals surface area contributed by atoms with E-state index < -0.39 is 20.3 Å². The van der Waals surface area contributed by atoms with E-state index in [0.29, 0.717) is 12.8 Å². The molecule has 1 rings (SSSR count). The Morgan fingerprint density at radius 3 is 2.47 bits per heavy atom. The molecule has 1 aliphatic heterocycles. The molecule has 0 amide bonds. The van der Waals surface area contributed by atoms with Crippen LogP contribution in [0.15, 0.2) is 11.8 Å². The summed E-state index contributed by atoms with van der Waals surface area (Å²) in [4.78, 5) is 11.2. The third-order valence-electron chi connectivity index (χ3n) is 4.04. The summed E-state index contributed by atoms with van der Waals surface area (Å²) >= 11 is 0. The molecule has 0 aliphatic carbocycles. The Balaban J connectivity index is 2.70. The second kappa shape index (κ2) is 6.35. The Hall–Kier alpha value is -0.613. The number of rotatable bonds is 5. The number of carbonyl (C=O) groups excluding carboxylic acids is 1. The fourth-order valence-electron chi connectivity index (χ4n) is 2.29. The summed E-state index contributed by atoms with van der Waals surface area (Å²) in [7, 11) is -1.34. The number of cyclic esters (lactones) is 1. The maximum atomic E-state index is 11.2. The number of aliphatic hydroxyl groups is 1. The van der Waals surface area contributed by atoms with Gasteiger partial charge >= 0.3 is 5.97 Å². The molecule has 0 aromatic carbocycles. The van der Waals surface area contributed by atoms with Crippen LogP contribution < -0.4 is 0 Å². The van der Waals surface area contributed by atoms with Gasteiger partial charge in [-0.2, -0.15) is 0 Å². The highest BCUT2D eigenvalue weighted by Crippen LogP contribution is 2.23. The van der Waals surface area contributed by atoms with Crippen LogP contribution in [-0.4, -0.2) is 31.4 Å². The summed E-state index contributed by atoms with van der Waals surface area (Å²) in [6.07, 6.45) is 1.84. The van der Waals surface area contributed by atoms with Crippen molar-refractivity contribution in [2.24, 2.45) is 0 Å². The molecule has 1 heterocycles. The molecule has 0 unspecified atom stereocenters. The fraction of sp³-hybridized carbons (Fsp3) is 0.769. The zero-order valence-electron chi connectivity index (χ0n) is 11.1. The lowest BCUT2D eigenvalue weighted by molar-refractivity contribution is -0.159. The van der Waals surface area contributed by atoms with Crippen LogP contribution in [0, 0.1) is 0 Å². The standard InChI is InChI=1S/C13H24O3Si/c1-4-17(5-2,6-3)10-9-12-11(14)7-8-13(15)16-12/h9-12,14H,4-8H2,1-3H3/b10-9+/t11-,12+/m0/s1. The third-order valence-corrected chi connectivity index (χ3v) is 9.17. The highest BCUT2D eigenvalue weighted by atomic mass is 28.3. The van der Waals surface area contributed by atoms with E-state index in [9.17, 15) is 9.90 Å². The molecule has 1 fully saturated rings. The molecule has 0 aromatic rings. The summed E-state index contributed by atoms with van der Waals surface area (Å²) in [5, 5.41) is 9.79. The van der Waals surface area contributed by atoms with Gasteiger partial charge in [0.15, 0.2) is 0 Å². The van der Waals surface area contributed by atoms with Crippen LogP contribution >= 0.6 is 0 Å². The lowest BCUT2D eigenvalue weighted by Crippen LogP contribution is -2.36. The molecule has 4 heteroatoms. The van der Waals surface area contributed by atoms with Crippen molar-refractivity contribution in [1.29, 1.82) is 0 Å². The van der Waals surface area contributed by atoms with Gasteiger partial charge in [0, 0.05) is 6.42 Å². The van der Waals surface area contributed by atoms with Crippen molar-refractivity contribution in [2.75, 3.05) is 0 Å². The normalized spacial score (nSPS) is 26.2. The SMILES string of the molecule is CC[Si](/C=C/[C@H]1OC(=O)CC[C@@H]1O)(CC)CC. The van der Waals surface area contributed by atoms with E-state index in [1.54, 1.807) is 0 Å². The van der Waals surface area contributed by atoms with E-state index in [2.05, 4.69) is 26.5 Å². The Morgan fingerprint density at radius 1 is 1.35 bits per heavy atom. The van der Waals surface area contributed by atoms with Gasteiger partial charge in [0.2, 0.25) is 0 Å². The second-order valence-electron chi connectivity index (χ2n) is 4.84. The zero-order chi connectivity index (χ0) is 12.9. The number of esters is 1. The van der Waals surface area contributed by atoms with Gasteiger partial charge in [0.1, 0.15) is 6.10 Å². The molecule has 0 radical (unpaired) electrons. The Morgan fingerprint density at radius 2 is 1.94 bits per heavy atom. The second-order valence-corrected chi connectivity index (χ2v) is 10.0. The topological polar surface area (TPSA) is 46.5 Å². The molecule has 1 N–H and O–H groups in total. The molecule has 2 atom stereocenters. The first-order valence-electron chi connectivity index (χ1n) is 6.63. The van der Waals surface area contributed by atoms with Crippen molar-refractivity contribution in [2.45, 2.75) is 64.0 Å². The van der Waals surface area contributed by atoms with Gasteiger partial charge < -0.3 is 9.84 Å². The van der Waals surface area contributed by atoms with Gasteiger partial charge in [-0.25, -0.2) is 0 Å². The number of hydrogen-bond acceptors (Lipinski definition) is 3. The molecular formula is C13H24O3Si. The maximum absolute atomic E-state index is 11.2. The molecule has 3 nitrogen and oxygen atoms in total. The highest BCUT2D eigenvalue weighted by Gasteiger charge is 2.29. The number of carbonyl (C=O) groups is 1. The summed E-state index contributed by atoms with van der Waals surface area (Å²) in [6.45, 7) is 6.69. The first-order chi connectivity index (χ1) is 8.06. The molecular weight excluding hydrogens is 232 g/mol. The minimum Gasteiger partial charge on any atom is -0.455 e. The Bertz CT molecular complexity index is 276. The van der Waals surface area contributed by atoms with Crippen molar-refractivity contribution in [1.82, 2.24) is 0 Å². The van der Waals surface area contributed by atoms with Gasteiger partial charge in [0.05, 0.1) is 14.2 Å². The average Bonchev–Trinajstić information content (AvgIpc) is 2.35. The van der Waals surface area contributed by atoms with Gasteiger partial charge in [-0.3, -0.25) is 4.79 Å². The molecule has 1 saturated heterocycles. The summed E-state index contributed by atoms with van der Waals surface area (Å²) in [5.41, 5.74) is 2.26. The Labute approximate surface area is 105 Å². The lowest BCUT2D eigenvalue weighted by atomic mass is 10.1. The van der Waals surface area contributed by atoms with Crippen LogP contribution in [0.5, 0.6) is 0 Å². The third kappa shape index (κ3) is 3.68. The van der Waals surface area contributed by atoms with E-state index in [1.807, 2.05) is 6.08 Å². The van der Waals surface area contributed by atoms with Crippen LogP contribution in [0.4, 0.5) is 0 Å². The van der Waals surface area contributed by atoms with Gasteiger partial charge in [-0.05, 0) is 12.5 Å². The highest BCUT2D eigenvalue weighted by molar-refractivity contribution is 6.84. The first-order valence-corrected chi connectivity index (χ1v) is 9.33. The van der Waals surface area contributed by atoms with Crippen LogP contribution in [-0.2, 0) is 9.53 Å². The van der Waals surface area contributed by atoms with E-state index in [0.717, 1.165) is 0 Å². The average molecular weight is 256 g/mol. The predicted molar refractivity (Wildman–Crippen MR) is 71.5 cm³/mol. The minimum absolute atomic E-state index is 0.193. The quantitative estimate of drug-likeness (QED) is 0.607. The number of ether oxygens (including phenoxy) is 1. The Kier molecular flexibility index (Phi) is 5.40. The minimum atomic E-state index is -1.34. The molecule has 0 spiro atoms. The van der Waals surface area contributed by atoms with Crippen molar-refractivity contribution in [3.05, 3.63) is 11.8 Å². The predicted octanol–water partition coefficient (Wildman–Crippen LogP) is 2.66. The molecule has 0 saturated carbocycles. The largest absolute Gasteiger partial charge is 0.455 e. The monoisotopic (exact) mass is 256 g/mol.